The van der Waals surface area contributed by atoms with Gasteiger partial charge in [-0.2, -0.15) is 0 Å². The number of hydrogen-bond acceptors (Lipinski definition) is 8. The van der Waals surface area contributed by atoms with Gasteiger partial charge in [-0.25, -0.2) is 23.2 Å². The van der Waals surface area contributed by atoms with Crippen LogP contribution in [0.15, 0.2) is 97.1 Å². The predicted molar refractivity (Wildman–Crippen MR) is 198 cm³/mol. The van der Waals surface area contributed by atoms with Gasteiger partial charge in [-0.3, -0.25) is 14.6 Å². The van der Waals surface area contributed by atoms with Crippen molar-refractivity contribution in [2.45, 2.75) is 13.1 Å². The molecule has 2 heterocycles. The van der Waals surface area contributed by atoms with E-state index in [9.17, 15) is 28.0 Å². The lowest BCUT2D eigenvalue weighted by Gasteiger charge is -2.33. The molecule has 14 heteroatoms. The van der Waals surface area contributed by atoms with Crippen molar-refractivity contribution >= 4 is 35.2 Å². The summed E-state index contributed by atoms with van der Waals surface area (Å²) in [6.45, 7) is 3.84. The van der Waals surface area contributed by atoms with Crippen LogP contribution in [0.1, 0.15) is 31.8 Å². The molecule has 284 valence electrons. The second-order valence-electron chi connectivity index (χ2n) is 12.3. The number of esters is 1. The Kier molecular flexibility index (Phi) is 14.2. The zero-order chi connectivity index (χ0) is 38.5. The van der Waals surface area contributed by atoms with Gasteiger partial charge in [-0.15, -0.1) is 0 Å². The second kappa shape index (κ2) is 19.4. The van der Waals surface area contributed by atoms with Gasteiger partial charge < -0.3 is 29.7 Å². The molecule has 4 aromatic carbocycles. The zero-order valence-corrected chi connectivity index (χ0v) is 30.0. The predicted octanol–water partition coefficient (Wildman–Crippen LogP) is 5.50. The van der Waals surface area contributed by atoms with Gasteiger partial charge in [0.15, 0.2) is 5.78 Å². The molecule has 0 unspecified atom stereocenters. The number of benzene rings is 4. The number of ether oxygens (including phenoxy) is 3. The van der Waals surface area contributed by atoms with Crippen LogP contribution in [0.4, 0.5) is 29.7 Å². The van der Waals surface area contributed by atoms with Crippen molar-refractivity contribution in [2.75, 3.05) is 76.1 Å². The molecule has 54 heavy (non-hydrogen) atoms. The number of para-hydroxylation sites is 2. The van der Waals surface area contributed by atoms with E-state index in [-0.39, 0.29) is 48.6 Å². The van der Waals surface area contributed by atoms with Gasteiger partial charge in [0.1, 0.15) is 11.6 Å². The molecule has 0 radical (unpaired) electrons. The van der Waals surface area contributed by atoms with E-state index in [0.717, 1.165) is 6.07 Å². The number of anilines is 2. The molecule has 4 amide bonds. The van der Waals surface area contributed by atoms with Crippen molar-refractivity contribution in [3.8, 4) is 0 Å². The molecule has 0 spiro atoms. The average molecular weight is 744 g/mol. The number of rotatable bonds is 9. The number of ketones is 1. The van der Waals surface area contributed by atoms with Crippen LogP contribution in [0.3, 0.4) is 0 Å². The number of methoxy groups -OCH3 is 1. The Morgan fingerprint density at radius 3 is 1.44 bits per heavy atom. The highest BCUT2D eigenvalue weighted by Gasteiger charge is 2.27. The lowest BCUT2D eigenvalue weighted by molar-refractivity contribution is 0.0548. The molecule has 0 bridgehead atoms. The van der Waals surface area contributed by atoms with Gasteiger partial charge in [0, 0.05) is 54.2 Å². The SMILES string of the molecule is COC(=O)c1ccc(CN(C(=O)N2CCOCC2)c2ccccc2)c(F)c1.NCC(=O)c1ccc(CN(C(=O)N2CCOCC2)c2ccccc2)c(F)c1. The number of morpholine rings is 2. The van der Waals surface area contributed by atoms with Crippen LogP contribution in [0.2, 0.25) is 0 Å². The van der Waals surface area contributed by atoms with E-state index in [0.29, 0.717) is 75.1 Å². The fourth-order valence-corrected chi connectivity index (χ4v) is 5.83. The van der Waals surface area contributed by atoms with Crippen LogP contribution in [0.5, 0.6) is 0 Å². The third-order valence-corrected chi connectivity index (χ3v) is 8.85. The number of amides is 4. The number of carbonyl (C=O) groups excluding carboxylic acids is 4. The summed E-state index contributed by atoms with van der Waals surface area (Å²) >= 11 is 0. The largest absolute Gasteiger partial charge is 0.465 e. The molecule has 0 saturated carbocycles. The minimum Gasteiger partial charge on any atom is -0.465 e. The lowest BCUT2D eigenvalue weighted by atomic mass is 10.1. The van der Waals surface area contributed by atoms with Gasteiger partial charge >= 0.3 is 18.0 Å². The first-order valence-corrected chi connectivity index (χ1v) is 17.5. The summed E-state index contributed by atoms with van der Waals surface area (Å²) in [7, 11) is 1.24. The first-order chi connectivity index (χ1) is 26.2. The highest BCUT2D eigenvalue weighted by Crippen LogP contribution is 2.23. The van der Waals surface area contributed by atoms with E-state index in [1.807, 2.05) is 48.5 Å². The third-order valence-electron chi connectivity index (χ3n) is 8.85. The summed E-state index contributed by atoms with van der Waals surface area (Å²) in [6, 6.07) is 26.2. The van der Waals surface area contributed by atoms with Gasteiger partial charge in [0.05, 0.1) is 58.7 Å². The zero-order valence-electron chi connectivity index (χ0n) is 30.0. The van der Waals surface area contributed by atoms with Crippen molar-refractivity contribution in [1.82, 2.24) is 9.80 Å². The van der Waals surface area contributed by atoms with Crippen molar-refractivity contribution in [3.05, 3.63) is 131 Å². The van der Waals surface area contributed by atoms with Crippen LogP contribution < -0.4 is 15.5 Å². The average Bonchev–Trinajstić information content (AvgIpc) is 3.23. The molecule has 0 aliphatic carbocycles. The van der Waals surface area contributed by atoms with Crippen molar-refractivity contribution in [2.24, 2.45) is 5.73 Å². The Bertz CT molecular complexity index is 1750. The summed E-state index contributed by atoms with van der Waals surface area (Å²) in [5.41, 5.74) is 7.68. The fraction of sp³-hybridized carbons (Fsp3) is 0.300. The molecule has 0 aromatic heterocycles. The van der Waals surface area contributed by atoms with E-state index in [2.05, 4.69) is 4.74 Å². The van der Waals surface area contributed by atoms with E-state index < -0.39 is 17.6 Å². The third kappa shape index (κ3) is 10.2. The lowest BCUT2D eigenvalue weighted by Crippen LogP contribution is -2.48. The summed E-state index contributed by atoms with van der Waals surface area (Å²) in [6.07, 6.45) is 0. The van der Waals surface area contributed by atoms with Crippen LogP contribution >= 0.6 is 0 Å². The Morgan fingerprint density at radius 2 is 1.06 bits per heavy atom. The van der Waals surface area contributed by atoms with Crippen molar-refractivity contribution in [1.29, 1.82) is 0 Å². The van der Waals surface area contributed by atoms with E-state index in [1.165, 1.54) is 47.2 Å². The molecule has 2 aliphatic heterocycles. The van der Waals surface area contributed by atoms with Gasteiger partial charge in [0.25, 0.3) is 0 Å². The van der Waals surface area contributed by atoms with E-state index in [1.54, 1.807) is 21.9 Å². The number of nitrogens with two attached hydrogens (primary N) is 1. The maximum absolute atomic E-state index is 14.6. The Morgan fingerprint density at radius 1 is 0.648 bits per heavy atom. The molecule has 2 aliphatic rings. The number of carbonyl (C=O) groups is 4. The molecule has 0 atom stereocenters. The second-order valence-corrected chi connectivity index (χ2v) is 12.3. The first-order valence-electron chi connectivity index (χ1n) is 17.5. The molecule has 4 aromatic rings. The van der Waals surface area contributed by atoms with Crippen LogP contribution in [-0.2, 0) is 27.3 Å². The van der Waals surface area contributed by atoms with Gasteiger partial charge in [-0.1, -0.05) is 54.6 Å². The minimum absolute atomic E-state index is 0.0491. The Balaban J connectivity index is 0.000000208. The smallest absolute Gasteiger partial charge is 0.337 e. The molecule has 2 saturated heterocycles. The topological polar surface area (TPSA) is 135 Å². The van der Waals surface area contributed by atoms with Crippen LogP contribution in [0, 0.1) is 11.6 Å². The molecule has 6 rings (SSSR count). The van der Waals surface area contributed by atoms with Gasteiger partial charge in [0.2, 0.25) is 0 Å². The van der Waals surface area contributed by atoms with E-state index >= 15 is 0 Å². The monoisotopic (exact) mass is 743 g/mol. The first kappa shape index (κ1) is 39.5. The molecule has 2 fully saturated rings. The summed E-state index contributed by atoms with van der Waals surface area (Å²) in [5.74, 6) is -2.03. The number of Topliss-reactive ketones (excluding diaryl/α,β-unsaturated/α-hetero) is 1. The summed E-state index contributed by atoms with van der Waals surface area (Å²) in [4.78, 5) is 55.8. The minimum atomic E-state index is -0.607. The van der Waals surface area contributed by atoms with Crippen molar-refractivity contribution < 1.29 is 42.2 Å². The number of urea groups is 2. The highest BCUT2D eigenvalue weighted by atomic mass is 19.1. The van der Waals surface area contributed by atoms with E-state index in [4.69, 9.17) is 15.2 Å². The number of hydrogen-bond donors (Lipinski definition) is 1. The maximum Gasteiger partial charge on any atom is 0.337 e. The molecule has 2 N–H and O–H groups in total. The fourth-order valence-electron chi connectivity index (χ4n) is 5.83. The number of nitrogens with zero attached hydrogens (tertiary/aromatic N) is 4. The van der Waals surface area contributed by atoms with Gasteiger partial charge in [-0.05, 0) is 42.5 Å². The summed E-state index contributed by atoms with van der Waals surface area (Å²) in [5, 5.41) is 0. The number of halogens is 2. The molecule has 12 nitrogen and oxygen atoms in total. The molecular weight excluding hydrogens is 700 g/mol. The quantitative estimate of drug-likeness (QED) is 0.176. The normalized spacial score (nSPS) is 14.0. The summed E-state index contributed by atoms with van der Waals surface area (Å²) < 4.78 is 44.3. The standard InChI is InChI=1S/C20H22FN3O3.C20H21FN2O4/c21-18-12-15(19(25)13-22)6-7-16(18)14-24(17-4-2-1-3-5-17)20(26)23-8-10-27-11-9-23;1-26-19(24)15-7-8-16(18(21)13-15)14-23(17-5-3-2-4-6-17)20(25)22-9-11-27-12-10-22/h1-7,12H,8-11,13-14,22H2;2-8,13H,9-12,14H2,1H3. The Labute approximate surface area is 312 Å². The van der Waals surface area contributed by atoms with Crippen LogP contribution in [-0.4, -0.2) is 99.9 Å². The van der Waals surface area contributed by atoms with Crippen LogP contribution in [0.25, 0.3) is 0 Å². The molecular formula is C40H43F2N5O7. The maximum atomic E-state index is 14.6. The van der Waals surface area contributed by atoms with Crippen molar-refractivity contribution in [3.63, 3.8) is 0 Å². The highest BCUT2D eigenvalue weighted by molar-refractivity contribution is 5.97. The Hall–Kier alpha value is -5.70.